The molecule has 0 radical (unpaired) electrons. The zero-order chi connectivity index (χ0) is 41.7. The van der Waals surface area contributed by atoms with Crippen molar-refractivity contribution in [3.63, 3.8) is 0 Å². The first-order valence-corrected chi connectivity index (χ1v) is 21.8. The van der Waals surface area contributed by atoms with E-state index in [1.54, 1.807) is 23.5 Å². The molecule has 4 aromatic heterocycles. The number of aromatic hydroxyl groups is 1. The van der Waals surface area contributed by atoms with Crippen molar-refractivity contribution in [1.29, 1.82) is 0 Å². The zero-order valence-corrected chi connectivity index (χ0v) is 35.2. The second kappa shape index (κ2) is 16.4. The Kier molecular flexibility index (Phi) is 10.9. The number of amides is 2. The molecule has 14 nitrogen and oxygen atoms in total. The molecule has 0 unspecified atom stereocenters. The van der Waals surface area contributed by atoms with Crippen molar-refractivity contribution >= 4 is 40.0 Å². The summed E-state index contributed by atoms with van der Waals surface area (Å²) < 4.78 is 5.93. The molecule has 3 aliphatic rings. The number of aliphatic hydroxyl groups is 1. The largest absolute Gasteiger partial charge is 0.507 e. The van der Waals surface area contributed by atoms with E-state index in [9.17, 15) is 19.8 Å². The van der Waals surface area contributed by atoms with Crippen molar-refractivity contribution in [2.45, 2.75) is 90.1 Å². The standard InChI is InChI=1S/C45H51N9O5S/c1-25(2)41(45(58)54-22-31(55)19-37(54)44(57)47-26(3)28-9-11-29(12-10-28)42-27(4)46-24-60-42)39-21-40(51-59-39)52-16-13-30(14-17-52)53-18-15-35-34(23-53)33-20-36(49-50-43(33)48-35)32-7-5-6-8-38(32)56/h5-12,20-21,24-26,30-31,37,41,55-56H,13-19,22-23H2,1-4H3,(H,47,57)(H,48,50)/t26-,31+,37-,41+/m0/s1. The van der Waals surface area contributed by atoms with E-state index in [0.717, 1.165) is 78.2 Å². The number of phenolic OH excluding ortho intramolecular Hbond substituents is 1. The average Bonchev–Trinajstić information content (AvgIpc) is 4.07. The minimum absolute atomic E-state index is 0.0770. The van der Waals surface area contributed by atoms with Crippen LogP contribution in [0.5, 0.6) is 5.75 Å². The van der Waals surface area contributed by atoms with E-state index >= 15 is 0 Å². The number of piperidine rings is 1. The normalized spacial score (nSPS) is 19.8. The van der Waals surface area contributed by atoms with E-state index in [1.165, 1.54) is 16.2 Å². The third-order valence-electron chi connectivity index (χ3n) is 12.6. The first-order valence-electron chi connectivity index (χ1n) is 20.9. The number of hydrogen-bond donors (Lipinski definition) is 4. The third kappa shape index (κ3) is 7.65. The number of phenols is 1. The number of nitrogens with one attached hydrogen (secondary N) is 2. The number of benzene rings is 2. The van der Waals surface area contributed by atoms with E-state index < -0.39 is 18.1 Å². The molecule has 2 aromatic carbocycles. The molecular formula is C45H51N9O5S. The monoisotopic (exact) mass is 829 g/mol. The minimum Gasteiger partial charge on any atom is -0.507 e. The van der Waals surface area contributed by atoms with Gasteiger partial charge in [-0.25, -0.2) is 4.98 Å². The summed E-state index contributed by atoms with van der Waals surface area (Å²) in [6, 6.07) is 18.5. The van der Waals surface area contributed by atoms with Gasteiger partial charge in [-0.05, 0) is 67.5 Å². The predicted octanol–water partition coefficient (Wildman–Crippen LogP) is 6.36. The van der Waals surface area contributed by atoms with Crippen LogP contribution in [-0.4, -0.2) is 102 Å². The number of β-amino-alcohol motifs (C(OH)–C–C–N with tert-alkyl or cyclic N) is 1. The highest BCUT2D eigenvalue weighted by Gasteiger charge is 2.44. The number of likely N-dealkylation sites (tertiary alicyclic amines) is 1. The molecule has 15 heteroatoms. The van der Waals surface area contributed by atoms with Gasteiger partial charge in [-0.15, -0.1) is 21.5 Å². The quantitative estimate of drug-likeness (QED) is 0.121. The van der Waals surface area contributed by atoms with Crippen LogP contribution in [0.2, 0.25) is 0 Å². The second-order valence-electron chi connectivity index (χ2n) is 16.9. The molecule has 312 valence electrons. The Bertz CT molecular complexity index is 2510. The summed E-state index contributed by atoms with van der Waals surface area (Å²) in [6.45, 7) is 11.3. The number of H-pyrrole nitrogens is 1. The van der Waals surface area contributed by atoms with Crippen molar-refractivity contribution in [3.8, 4) is 27.4 Å². The molecule has 9 rings (SSSR count). The summed E-state index contributed by atoms with van der Waals surface area (Å²) in [5.41, 5.74) is 9.36. The molecule has 6 aromatic rings. The van der Waals surface area contributed by atoms with Crippen LogP contribution in [0.3, 0.4) is 0 Å². The van der Waals surface area contributed by atoms with Crippen LogP contribution in [-0.2, 0) is 22.6 Å². The van der Waals surface area contributed by atoms with Gasteiger partial charge in [-0.1, -0.05) is 55.4 Å². The first-order chi connectivity index (χ1) is 29.0. The van der Waals surface area contributed by atoms with Gasteiger partial charge in [0, 0.05) is 74.3 Å². The van der Waals surface area contributed by atoms with E-state index in [2.05, 4.69) is 40.4 Å². The topological polar surface area (TPSA) is 177 Å². The van der Waals surface area contributed by atoms with Gasteiger partial charge in [0.1, 0.15) is 17.7 Å². The third-order valence-corrected chi connectivity index (χ3v) is 13.6. The molecule has 2 amide bonds. The maximum absolute atomic E-state index is 14.3. The molecule has 60 heavy (non-hydrogen) atoms. The number of anilines is 1. The van der Waals surface area contributed by atoms with Gasteiger partial charge in [0.2, 0.25) is 11.8 Å². The zero-order valence-electron chi connectivity index (χ0n) is 34.3. The molecule has 7 heterocycles. The Morgan fingerprint density at radius 3 is 2.53 bits per heavy atom. The maximum atomic E-state index is 14.3. The molecule has 0 aliphatic carbocycles. The number of fused-ring (bicyclic) bond motifs is 3. The lowest BCUT2D eigenvalue weighted by Gasteiger charge is -2.40. The highest BCUT2D eigenvalue weighted by Crippen LogP contribution is 2.36. The Morgan fingerprint density at radius 2 is 1.80 bits per heavy atom. The second-order valence-corrected chi connectivity index (χ2v) is 17.7. The number of aromatic amines is 1. The van der Waals surface area contributed by atoms with Gasteiger partial charge in [-0.2, -0.15) is 0 Å². The molecule has 2 fully saturated rings. The number of carbonyl (C=O) groups excluding carboxylic acids is 2. The fourth-order valence-corrected chi connectivity index (χ4v) is 10.1. The highest BCUT2D eigenvalue weighted by molar-refractivity contribution is 7.13. The van der Waals surface area contributed by atoms with E-state index in [4.69, 9.17) is 4.52 Å². The van der Waals surface area contributed by atoms with Crippen molar-refractivity contribution in [2.75, 3.05) is 31.1 Å². The number of aryl methyl sites for hydroxylation is 1. The van der Waals surface area contributed by atoms with Crippen molar-refractivity contribution in [3.05, 3.63) is 94.4 Å². The van der Waals surface area contributed by atoms with E-state index in [1.807, 2.05) is 81.7 Å². The van der Waals surface area contributed by atoms with Crippen LogP contribution >= 0.6 is 11.3 Å². The predicted molar refractivity (Wildman–Crippen MR) is 229 cm³/mol. The molecule has 0 spiro atoms. The fourth-order valence-electron chi connectivity index (χ4n) is 9.31. The van der Waals surface area contributed by atoms with Crippen LogP contribution in [0, 0.1) is 12.8 Å². The van der Waals surface area contributed by atoms with Crippen LogP contribution in [0.4, 0.5) is 5.82 Å². The van der Waals surface area contributed by atoms with Gasteiger partial charge in [0.05, 0.1) is 33.9 Å². The van der Waals surface area contributed by atoms with E-state index in [-0.39, 0.29) is 42.5 Å². The first kappa shape index (κ1) is 39.8. The number of aromatic nitrogens is 5. The minimum atomic E-state index is -0.807. The van der Waals surface area contributed by atoms with Crippen molar-refractivity contribution in [1.82, 2.24) is 40.4 Å². The lowest BCUT2D eigenvalue weighted by Crippen LogP contribution is -2.48. The summed E-state index contributed by atoms with van der Waals surface area (Å²) in [7, 11) is 0. The fraction of sp³-hybridized carbons (Fsp3) is 0.422. The SMILES string of the molecule is Cc1ncsc1-c1ccc([C@H](C)NC(=O)[C@@H]2C[C@@H](O)CN2C(=O)[C@@H](c2cc(N3CCC(N4CCc5[nH]c6nnc(-c7ccccc7O)cc6c5C4)CC3)no2)C(C)C)cc1. The van der Waals surface area contributed by atoms with Crippen LogP contribution in [0.25, 0.3) is 32.7 Å². The Labute approximate surface area is 352 Å². The number of rotatable bonds is 10. The van der Waals surface area contributed by atoms with Crippen LogP contribution in [0.1, 0.15) is 80.3 Å². The van der Waals surface area contributed by atoms with Crippen molar-refractivity contribution < 1.29 is 24.3 Å². The summed E-state index contributed by atoms with van der Waals surface area (Å²) >= 11 is 1.60. The molecular weight excluding hydrogens is 779 g/mol. The Morgan fingerprint density at radius 1 is 1.02 bits per heavy atom. The van der Waals surface area contributed by atoms with Crippen LogP contribution < -0.4 is 10.2 Å². The van der Waals surface area contributed by atoms with Gasteiger partial charge < -0.3 is 34.8 Å². The van der Waals surface area contributed by atoms with Gasteiger partial charge in [0.15, 0.2) is 17.2 Å². The molecule has 4 atom stereocenters. The molecule has 4 N–H and O–H groups in total. The molecule has 2 saturated heterocycles. The number of carbonyl (C=O) groups is 2. The summed E-state index contributed by atoms with van der Waals surface area (Å²) in [4.78, 5) is 43.4. The van der Waals surface area contributed by atoms with E-state index in [0.29, 0.717) is 28.9 Å². The highest BCUT2D eigenvalue weighted by atomic mass is 32.1. The van der Waals surface area contributed by atoms with Gasteiger partial charge in [0.25, 0.3) is 0 Å². The number of aliphatic hydroxyl groups excluding tert-OH is 1. The number of nitrogens with zero attached hydrogens (tertiary/aromatic N) is 7. The molecule has 3 aliphatic heterocycles. The Hall–Kier alpha value is -5.64. The summed E-state index contributed by atoms with van der Waals surface area (Å²) in [6.07, 6.45) is 2.16. The lowest BCUT2D eigenvalue weighted by atomic mass is 9.91. The van der Waals surface area contributed by atoms with Gasteiger partial charge in [-0.3, -0.25) is 14.5 Å². The number of para-hydroxylation sites is 1. The van der Waals surface area contributed by atoms with Crippen molar-refractivity contribution in [2.24, 2.45) is 5.92 Å². The number of thiazole rings is 1. The van der Waals surface area contributed by atoms with Gasteiger partial charge >= 0.3 is 0 Å². The molecule has 0 bridgehead atoms. The van der Waals surface area contributed by atoms with Crippen LogP contribution in [0.15, 0.2) is 70.7 Å². The maximum Gasteiger partial charge on any atom is 0.243 e. The smallest absolute Gasteiger partial charge is 0.243 e. The number of hydrogen-bond acceptors (Lipinski definition) is 12. The average molecular weight is 830 g/mol. The molecule has 0 saturated carbocycles. The summed E-state index contributed by atoms with van der Waals surface area (Å²) in [5, 5.41) is 38.7. The Balaban J connectivity index is 0.832. The summed E-state index contributed by atoms with van der Waals surface area (Å²) in [5.74, 6) is 0.00120. The lowest BCUT2D eigenvalue weighted by molar-refractivity contribution is -0.141.